The van der Waals surface area contributed by atoms with Crippen molar-refractivity contribution >= 4 is 16.4 Å². The van der Waals surface area contributed by atoms with Crippen molar-refractivity contribution in [2.75, 3.05) is 34.5 Å². The summed E-state index contributed by atoms with van der Waals surface area (Å²) in [6.07, 6.45) is 0.594. The summed E-state index contributed by atoms with van der Waals surface area (Å²) >= 11 is 0. The van der Waals surface area contributed by atoms with Crippen molar-refractivity contribution < 1.29 is 32.0 Å². The van der Waals surface area contributed by atoms with Gasteiger partial charge in [-0.05, 0) is 12.1 Å². The molecule has 1 aromatic rings. The predicted molar refractivity (Wildman–Crippen MR) is 78.3 cm³/mol. The number of hydrogen-bond donors (Lipinski definition) is 1. The Labute approximate surface area is 126 Å². The standard InChI is InChI=1S/C12H21BO7Si/c1-15-21(16-2,17-3)20-13(14)19-11-7-10-18-12-8-5-4-6-9-12/h4-6,8-9,14H,7,10-11H2,1-3H3. The lowest BCUT2D eigenvalue weighted by atomic mass is 10.2. The highest BCUT2D eigenvalue weighted by atomic mass is 28.4. The van der Waals surface area contributed by atoms with Crippen LogP contribution in [0.25, 0.3) is 0 Å². The van der Waals surface area contributed by atoms with Crippen molar-refractivity contribution in [3.63, 3.8) is 0 Å². The maximum Gasteiger partial charge on any atom is 0.667 e. The maximum atomic E-state index is 9.60. The van der Waals surface area contributed by atoms with Gasteiger partial charge in [-0.15, -0.1) is 0 Å². The van der Waals surface area contributed by atoms with Crippen LogP contribution in [0.4, 0.5) is 0 Å². The molecule has 0 saturated heterocycles. The predicted octanol–water partition coefficient (Wildman–Crippen LogP) is 0.841. The summed E-state index contributed by atoms with van der Waals surface area (Å²) in [7, 11) is -0.662. The minimum atomic E-state index is -3.31. The molecule has 0 fully saturated rings. The third-order valence-corrected chi connectivity index (χ3v) is 4.55. The highest BCUT2D eigenvalue weighted by Crippen LogP contribution is 2.10. The molecule has 0 aliphatic carbocycles. The van der Waals surface area contributed by atoms with Gasteiger partial charge in [-0.1, -0.05) is 18.2 Å². The second-order valence-electron chi connectivity index (χ2n) is 3.92. The summed E-state index contributed by atoms with van der Waals surface area (Å²) in [5.41, 5.74) is 0. The van der Waals surface area contributed by atoms with Crippen LogP contribution in [0.15, 0.2) is 30.3 Å². The lowest BCUT2D eigenvalue weighted by Gasteiger charge is -2.24. The van der Waals surface area contributed by atoms with E-state index < -0.39 is 16.4 Å². The van der Waals surface area contributed by atoms with E-state index in [1.54, 1.807) is 0 Å². The lowest BCUT2D eigenvalue weighted by molar-refractivity contribution is 0.0257. The summed E-state index contributed by atoms with van der Waals surface area (Å²) in [5, 5.41) is 9.60. The lowest BCUT2D eigenvalue weighted by Crippen LogP contribution is -2.51. The van der Waals surface area contributed by atoms with Crippen LogP contribution in [0.5, 0.6) is 5.75 Å². The minimum absolute atomic E-state index is 0.260. The molecule has 0 heterocycles. The minimum Gasteiger partial charge on any atom is -0.494 e. The average Bonchev–Trinajstić information content (AvgIpc) is 2.53. The summed E-state index contributed by atoms with van der Waals surface area (Å²) < 4.78 is 30.7. The fourth-order valence-electron chi connectivity index (χ4n) is 1.50. The molecule has 1 rings (SSSR count). The highest BCUT2D eigenvalue weighted by Gasteiger charge is 2.46. The van der Waals surface area contributed by atoms with E-state index >= 15 is 0 Å². The van der Waals surface area contributed by atoms with Gasteiger partial charge in [0, 0.05) is 34.4 Å². The Morgan fingerprint density at radius 1 is 1.00 bits per heavy atom. The van der Waals surface area contributed by atoms with E-state index in [1.165, 1.54) is 21.3 Å². The Kier molecular flexibility index (Phi) is 8.54. The maximum absolute atomic E-state index is 9.60. The van der Waals surface area contributed by atoms with E-state index in [0.29, 0.717) is 13.0 Å². The molecule has 0 atom stereocenters. The molecular weight excluding hydrogens is 295 g/mol. The third kappa shape index (κ3) is 6.57. The van der Waals surface area contributed by atoms with Crippen LogP contribution in [-0.4, -0.2) is 55.9 Å². The molecule has 0 aromatic heterocycles. The number of hydrogen-bond acceptors (Lipinski definition) is 7. The number of para-hydroxylation sites is 1. The molecule has 0 spiro atoms. The molecule has 1 N–H and O–H groups in total. The van der Waals surface area contributed by atoms with Crippen LogP contribution in [0.1, 0.15) is 6.42 Å². The van der Waals surface area contributed by atoms with E-state index in [9.17, 15) is 5.02 Å². The van der Waals surface area contributed by atoms with Crippen molar-refractivity contribution in [3.8, 4) is 5.75 Å². The second kappa shape index (κ2) is 9.90. The molecule has 7 nitrogen and oxygen atoms in total. The third-order valence-electron chi connectivity index (χ3n) is 2.56. The Hall–Kier alpha value is -0.938. The van der Waals surface area contributed by atoms with Crippen LogP contribution in [0, 0.1) is 0 Å². The molecule has 0 unspecified atom stereocenters. The van der Waals surface area contributed by atoms with Gasteiger partial charge in [-0.2, -0.15) is 0 Å². The van der Waals surface area contributed by atoms with Gasteiger partial charge in [-0.25, -0.2) is 0 Å². The van der Waals surface area contributed by atoms with Crippen molar-refractivity contribution in [1.29, 1.82) is 0 Å². The summed E-state index contributed by atoms with van der Waals surface area (Å²) in [6.45, 7) is 0.730. The zero-order valence-corrected chi connectivity index (χ0v) is 13.5. The summed E-state index contributed by atoms with van der Waals surface area (Å²) in [5.74, 6) is 0.791. The molecule has 1 aromatic carbocycles. The molecule has 0 aliphatic heterocycles. The Morgan fingerprint density at radius 3 is 2.19 bits per heavy atom. The normalized spacial score (nSPS) is 11.4. The Morgan fingerprint density at radius 2 is 1.62 bits per heavy atom. The quantitative estimate of drug-likeness (QED) is 0.479. The molecule has 0 saturated carbocycles. The fraction of sp³-hybridized carbons (Fsp3) is 0.500. The molecular formula is C12H21BO7Si. The first kappa shape index (κ1) is 18.1. The zero-order chi connectivity index (χ0) is 15.6. The van der Waals surface area contributed by atoms with Crippen LogP contribution in [0.3, 0.4) is 0 Å². The van der Waals surface area contributed by atoms with E-state index in [4.69, 9.17) is 27.0 Å². The molecule has 0 amide bonds. The zero-order valence-electron chi connectivity index (χ0n) is 12.5. The van der Waals surface area contributed by atoms with Gasteiger partial charge in [0.2, 0.25) is 0 Å². The van der Waals surface area contributed by atoms with Gasteiger partial charge in [0.05, 0.1) is 6.61 Å². The molecule has 0 bridgehead atoms. The first-order valence-electron chi connectivity index (χ1n) is 6.46. The fourth-order valence-corrected chi connectivity index (χ4v) is 2.61. The Balaban J connectivity index is 2.17. The highest BCUT2D eigenvalue weighted by molar-refractivity contribution is 6.61. The van der Waals surface area contributed by atoms with Gasteiger partial charge < -0.3 is 32.0 Å². The SMILES string of the molecule is CO[Si](OC)(OC)OB(O)OCCCOc1ccccc1. The molecule has 9 heteroatoms. The number of benzene rings is 1. The van der Waals surface area contributed by atoms with Crippen LogP contribution in [0.2, 0.25) is 0 Å². The molecule has 0 aliphatic rings. The summed E-state index contributed by atoms with van der Waals surface area (Å²) in [4.78, 5) is 0. The molecule has 21 heavy (non-hydrogen) atoms. The van der Waals surface area contributed by atoms with Gasteiger partial charge >= 0.3 is 16.4 Å². The monoisotopic (exact) mass is 316 g/mol. The van der Waals surface area contributed by atoms with Crippen LogP contribution in [-0.2, 0) is 22.3 Å². The van der Waals surface area contributed by atoms with Gasteiger partial charge in [0.15, 0.2) is 0 Å². The van der Waals surface area contributed by atoms with Crippen LogP contribution >= 0.6 is 0 Å². The van der Waals surface area contributed by atoms with Gasteiger partial charge in [-0.3, -0.25) is 0 Å². The van der Waals surface area contributed by atoms with Crippen molar-refractivity contribution in [1.82, 2.24) is 0 Å². The van der Waals surface area contributed by atoms with Crippen molar-refractivity contribution in [2.45, 2.75) is 6.42 Å². The van der Waals surface area contributed by atoms with E-state index in [1.807, 2.05) is 30.3 Å². The number of ether oxygens (including phenoxy) is 1. The van der Waals surface area contributed by atoms with Crippen molar-refractivity contribution in [2.24, 2.45) is 0 Å². The largest absolute Gasteiger partial charge is 0.667 e. The molecule has 118 valence electrons. The first-order valence-corrected chi connectivity index (χ1v) is 8.10. The topological polar surface area (TPSA) is 75.6 Å². The Bertz CT molecular complexity index is 369. The smallest absolute Gasteiger partial charge is 0.494 e. The van der Waals surface area contributed by atoms with Gasteiger partial charge in [0.25, 0.3) is 0 Å². The summed E-state index contributed by atoms with van der Waals surface area (Å²) in [6, 6.07) is 9.45. The average molecular weight is 316 g/mol. The molecule has 0 radical (unpaired) electrons. The van der Waals surface area contributed by atoms with Crippen molar-refractivity contribution in [3.05, 3.63) is 30.3 Å². The van der Waals surface area contributed by atoms with Gasteiger partial charge in [0.1, 0.15) is 5.75 Å². The van der Waals surface area contributed by atoms with E-state index in [-0.39, 0.29) is 6.61 Å². The van der Waals surface area contributed by atoms with Crippen LogP contribution < -0.4 is 4.74 Å². The number of rotatable bonds is 11. The first-order chi connectivity index (χ1) is 10.2. The second-order valence-corrected chi connectivity index (χ2v) is 6.38. The van der Waals surface area contributed by atoms with E-state index in [2.05, 4.69) is 0 Å². The van der Waals surface area contributed by atoms with E-state index in [0.717, 1.165) is 5.75 Å².